The highest BCUT2D eigenvalue weighted by Gasteiger charge is 2.32. The lowest BCUT2D eigenvalue weighted by Crippen LogP contribution is -2.44. The first kappa shape index (κ1) is 19.9. The number of para-hydroxylation sites is 2. The average molecular weight is 408 g/mol. The van der Waals surface area contributed by atoms with E-state index in [4.69, 9.17) is 9.72 Å². The second kappa shape index (κ2) is 8.56. The number of hydrogen-bond acceptors (Lipinski definition) is 5. The molecule has 1 saturated heterocycles. The molecule has 0 radical (unpaired) electrons. The number of rotatable bonds is 5. The Bertz CT molecular complexity index is 938. The van der Waals surface area contributed by atoms with E-state index in [1.807, 2.05) is 18.2 Å². The van der Waals surface area contributed by atoms with Crippen LogP contribution in [-0.2, 0) is 5.54 Å². The smallest absolute Gasteiger partial charge is 0.142 e. The summed E-state index contributed by atoms with van der Waals surface area (Å²) in [5, 5.41) is 3.32. The normalized spacial score (nSPS) is 15.9. The van der Waals surface area contributed by atoms with Crippen LogP contribution in [0, 0.1) is 0 Å². The molecule has 0 N–H and O–H groups in total. The van der Waals surface area contributed by atoms with E-state index in [2.05, 4.69) is 65.4 Å². The van der Waals surface area contributed by atoms with Crippen LogP contribution in [0.4, 0.5) is 5.69 Å². The number of thiazole rings is 1. The molecule has 152 valence electrons. The molecule has 1 aliphatic rings. The van der Waals surface area contributed by atoms with Crippen molar-refractivity contribution in [3.05, 3.63) is 65.7 Å². The van der Waals surface area contributed by atoms with Gasteiger partial charge >= 0.3 is 0 Å². The molecule has 0 saturated carbocycles. The van der Waals surface area contributed by atoms with Gasteiger partial charge in [-0.3, -0.25) is 4.90 Å². The van der Waals surface area contributed by atoms with E-state index in [1.165, 1.54) is 11.3 Å². The molecular weight excluding hydrogens is 378 g/mol. The number of methoxy groups -OCH3 is 1. The zero-order valence-corrected chi connectivity index (χ0v) is 18.3. The highest BCUT2D eigenvalue weighted by molar-refractivity contribution is 7.13. The van der Waals surface area contributed by atoms with E-state index in [0.29, 0.717) is 0 Å². The third-order valence-corrected chi connectivity index (χ3v) is 6.76. The van der Waals surface area contributed by atoms with Crippen molar-refractivity contribution in [2.24, 2.45) is 0 Å². The zero-order chi connectivity index (χ0) is 20.3. The molecule has 0 atom stereocenters. The van der Waals surface area contributed by atoms with Crippen molar-refractivity contribution in [3.8, 4) is 16.3 Å². The van der Waals surface area contributed by atoms with Gasteiger partial charge in [0.15, 0.2) is 0 Å². The van der Waals surface area contributed by atoms with Gasteiger partial charge in [0.05, 0.1) is 24.0 Å². The van der Waals surface area contributed by atoms with Gasteiger partial charge in [-0.15, -0.1) is 11.3 Å². The molecule has 0 amide bonds. The van der Waals surface area contributed by atoms with Crippen LogP contribution in [0.15, 0.2) is 60.0 Å². The summed E-state index contributed by atoms with van der Waals surface area (Å²) < 4.78 is 5.58. The first-order chi connectivity index (χ1) is 14.1. The third-order valence-electron chi connectivity index (χ3n) is 5.86. The maximum atomic E-state index is 5.58. The first-order valence-electron chi connectivity index (χ1n) is 10.2. The van der Waals surface area contributed by atoms with Gasteiger partial charge in [0, 0.05) is 37.1 Å². The molecule has 4 rings (SSSR count). The molecule has 1 aromatic heterocycles. The fourth-order valence-electron chi connectivity index (χ4n) is 4.04. The van der Waals surface area contributed by atoms with Gasteiger partial charge in [0.2, 0.25) is 0 Å². The van der Waals surface area contributed by atoms with Crippen LogP contribution >= 0.6 is 11.3 Å². The van der Waals surface area contributed by atoms with Crippen LogP contribution in [-0.4, -0.2) is 43.2 Å². The van der Waals surface area contributed by atoms with E-state index in [9.17, 15) is 0 Å². The largest absolute Gasteiger partial charge is 0.495 e. The van der Waals surface area contributed by atoms with Crippen molar-refractivity contribution < 1.29 is 4.74 Å². The highest BCUT2D eigenvalue weighted by atomic mass is 32.1. The second-order valence-corrected chi connectivity index (χ2v) is 8.82. The van der Waals surface area contributed by atoms with Gasteiger partial charge < -0.3 is 9.64 Å². The summed E-state index contributed by atoms with van der Waals surface area (Å²) in [4.78, 5) is 10.0. The van der Waals surface area contributed by atoms with Crippen molar-refractivity contribution in [2.75, 3.05) is 38.2 Å². The molecule has 0 spiro atoms. The van der Waals surface area contributed by atoms with Crippen molar-refractivity contribution in [3.63, 3.8) is 0 Å². The van der Waals surface area contributed by atoms with Crippen molar-refractivity contribution in [2.45, 2.75) is 25.8 Å². The molecule has 1 aliphatic heterocycles. The quantitative estimate of drug-likeness (QED) is 0.576. The lowest BCUT2D eigenvalue weighted by Gasteiger charge is -2.36. The highest BCUT2D eigenvalue weighted by Crippen LogP contribution is 2.34. The van der Waals surface area contributed by atoms with E-state index in [1.54, 1.807) is 18.4 Å². The van der Waals surface area contributed by atoms with Gasteiger partial charge in [-0.05, 0) is 32.4 Å². The number of nitrogens with zero attached hydrogens (tertiary/aromatic N) is 3. The van der Waals surface area contributed by atoms with Crippen molar-refractivity contribution in [1.82, 2.24) is 9.88 Å². The molecular formula is C24H29N3OS. The van der Waals surface area contributed by atoms with Gasteiger partial charge in [-0.2, -0.15) is 0 Å². The Hall–Kier alpha value is -2.37. The maximum absolute atomic E-state index is 5.58. The fraction of sp³-hybridized carbons (Fsp3) is 0.375. The summed E-state index contributed by atoms with van der Waals surface area (Å²) in [6.07, 6.45) is 1.12. The van der Waals surface area contributed by atoms with E-state index in [-0.39, 0.29) is 5.54 Å². The van der Waals surface area contributed by atoms with Gasteiger partial charge in [0.1, 0.15) is 10.8 Å². The molecule has 0 aliphatic carbocycles. The molecule has 2 aromatic carbocycles. The summed E-state index contributed by atoms with van der Waals surface area (Å²) in [5.74, 6) is 0.951. The number of benzene rings is 2. The summed E-state index contributed by atoms with van der Waals surface area (Å²) in [6, 6.07) is 18.8. The minimum Gasteiger partial charge on any atom is -0.495 e. The van der Waals surface area contributed by atoms with E-state index < -0.39 is 0 Å². The standard InChI is InChI=1S/C24H29N3OS/c1-24(2,22-18-29-23(25-22)19-10-5-4-6-11-19)27-15-9-14-26(16-17-27)20-12-7-8-13-21(20)28-3/h4-8,10-13,18H,9,14-17H2,1-3H3. The molecule has 29 heavy (non-hydrogen) atoms. The lowest BCUT2D eigenvalue weighted by molar-refractivity contribution is 0.126. The predicted octanol–water partition coefficient (Wildman–Crippen LogP) is 5.27. The summed E-state index contributed by atoms with van der Waals surface area (Å²) in [7, 11) is 1.75. The Labute approximate surface area is 177 Å². The fourth-order valence-corrected chi connectivity index (χ4v) is 5.03. The molecule has 5 heteroatoms. The Morgan fingerprint density at radius 1 is 0.931 bits per heavy atom. The topological polar surface area (TPSA) is 28.6 Å². The van der Waals surface area contributed by atoms with Crippen LogP contribution < -0.4 is 9.64 Å². The number of aromatic nitrogens is 1. The monoisotopic (exact) mass is 407 g/mol. The molecule has 4 nitrogen and oxygen atoms in total. The molecule has 2 heterocycles. The molecule has 0 unspecified atom stereocenters. The minimum atomic E-state index is -0.0969. The Balaban J connectivity index is 1.50. The SMILES string of the molecule is COc1ccccc1N1CCCN(C(C)(C)c2csc(-c3ccccc3)n2)CC1. The van der Waals surface area contributed by atoms with E-state index >= 15 is 0 Å². The molecule has 3 aromatic rings. The Morgan fingerprint density at radius 3 is 2.48 bits per heavy atom. The first-order valence-corrected chi connectivity index (χ1v) is 11.1. The number of hydrogen-bond donors (Lipinski definition) is 0. The van der Waals surface area contributed by atoms with Gasteiger partial charge in [-0.25, -0.2) is 4.98 Å². The molecule has 0 bridgehead atoms. The summed E-state index contributed by atoms with van der Waals surface area (Å²) in [6.45, 7) is 8.70. The second-order valence-electron chi connectivity index (χ2n) is 7.96. The summed E-state index contributed by atoms with van der Waals surface area (Å²) >= 11 is 1.74. The Kier molecular flexibility index (Phi) is 5.88. The zero-order valence-electron chi connectivity index (χ0n) is 17.5. The van der Waals surface area contributed by atoms with Gasteiger partial charge in [-0.1, -0.05) is 42.5 Å². The third kappa shape index (κ3) is 4.16. The maximum Gasteiger partial charge on any atom is 0.142 e. The van der Waals surface area contributed by atoms with Crippen molar-refractivity contribution >= 4 is 17.0 Å². The van der Waals surface area contributed by atoms with Gasteiger partial charge in [0.25, 0.3) is 0 Å². The Morgan fingerprint density at radius 2 is 1.69 bits per heavy atom. The van der Waals surface area contributed by atoms with E-state index in [0.717, 1.165) is 49.1 Å². The molecule has 1 fully saturated rings. The lowest BCUT2D eigenvalue weighted by atomic mass is 9.98. The predicted molar refractivity (Wildman–Crippen MR) is 122 cm³/mol. The van der Waals surface area contributed by atoms with Crippen LogP contribution in [0.1, 0.15) is 26.0 Å². The average Bonchev–Trinajstić information content (AvgIpc) is 3.13. The minimum absolute atomic E-state index is 0.0969. The van der Waals surface area contributed by atoms with Crippen LogP contribution in [0.3, 0.4) is 0 Å². The van der Waals surface area contributed by atoms with Crippen LogP contribution in [0.25, 0.3) is 10.6 Å². The number of anilines is 1. The van der Waals surface area contributed by atoms with Crippen molar-refractivity contribution in [1.29, 1.82) is 0 Å². The summed E-state index contributed by atoms with van der Waals surface area (Å²) in [5.41, 5.74) is 3.44. The van der Waals surface area contributed by atoms with Crippen LogP contribution in [0.5, 0.6) is 5.75 Å². The number of ether oxygens (including phenoxy) is 1. The van der Waals surface area contributed by atoms with Crippen LogP contribution in [0.2, 0.25) is 0 Å².